The van der Waals surface area contributed by atoms with Gasteiger partial charge in [0.05, 0.1) is 5.75 Å². The Kier molecular flexibility index (Phi) is 5.00. The molecule has 1 N–H and O–H groups in total. The zero-order valence-corrected chi connectivity index (χ0v) is 11.3. The molecular formula is C13H21NOS. The molecule has 1 aromatic rings. The fourth-order valence-corrected chi connectivity index (χ4v) is 2.11. The Labute approximate surface area is 101 Å². The van der Waals surface area contributed by atoms with E-state index in [1.807, 2.05) is 18.2 Å². The van der Waals surface area contributed by atoms with Crippen LogP contribution in [0.15, 0.2) is 24.3 Å². The molecule has 0 heterocycles. The maximum absolute atomic E-state index is 11.3. The van der Waals surface area contributed by atoms with Gasteiger partial charge >= 0.3 is 0 Å². The Morgan fingerprint density at radius 2 is 1.88 bits per heavy atom. The fourth-order valence-electron chi connectivity index (χ4n) is 1.42. The van der Waals surface area contributed by atoms with Crippen LogP contribution in [-0.2, 0) is 16.6 Å². The third-order valence-corrected chi connectivity index (χ3v) is 3.48. The van der Waals surface area contributed by atoms with E-state index in [9.17, 15) is 4.21 Å². The van der Waals surface area contributed by atoms with Crippen molar-refractivity contribution in [3.05, 3.63) is 29.8 Å². The molecule has 0 aliphatic heterocycles. The van der Waals surface area contributed by atoms with Gasteiger partial charge in [-0.3, -0.25) is 4.21 Å². The van der Waals surface area contributed by atoms with Crippen molar-refractivity contribution in [3.63, 3.8) is 0 Å². The Morgan fingerprint density at radius 3 is 2.44 bits per heavy atom. The smallest absolute Gasteiger partial charge is 0.0503 e. The van der Waals surface area contributed by atoms with Crippen LogP contribution in [-0.4, -0.2) is 16.5 Å². The van der Waals surface area contributed by atoms with Gasteiger partial charge in [-0.25, -0.2) is 0 Å². The summed E-state index contributed by atoms with van der Waals surface area (Å²) in [7, 11) is -0.792. The van der Waals surface area contributed by atoms with E-state index >= 15 is 0 Å². The molecule has 0 amide bonds. The summed E-state index contributed by atoms with van der Waals surface area (Å²) in [5.74, 6) is 1.20. The Hall–Kier alpha value is -0.830. The topological polar surface area (TPSA) is 29.1 Å². The lowest BCUT2D eigenvalue weighted by molar-refractivity contribution is 0.559. The van der Waals surface area contributed by atoms with Crippen molar-refractivity contribution in [2.45, 2.75) is 32.6 Å². The number of nitrogens with one attached hydrogen (secondary N) is 1. The minimum absolute atomic E-state index is 0.423. The van der Waals surface area contributed by atoms with Crippen LogP contribution in [0.3, 0.4) is 0 Å². The highest BCUT2D eigenvalue weighted by Crippen LogP contribution is 2.19. The Balaban J connectivity index is 2.82. The Bertz CT molecular complexity index is 363. The van der Waals surface area contributed by atoms with Gasteiger partial charge in [-0.2, -0.15) is 0 Å². The summed E-state index contributed by atoms with van der Waals surface area (Å²) in [6.45, 7) is 6.56. The second-order valence-electron chi connectivity index (χ2n) is 4.55. The molecule has 0 aliphatic carbocycles. The quantitative estimate of drug-likeness (QED) is 0.855. The van der Waals surface area contributed by atoms with Crippen molar-refractivity contribution in [2.75, 3.05) is 11.6 Å². The highest BCUT2D eigenvalue weighted by Gasteiger charge is 2.09. The first-order chi connectivity index (χ1) is 7.50. The van der Waals surface area contributed by atoms with Crippen molar-refractivity contribution < 1.29 is 4.21 Å². The monoisotopic (exact) mass is 239 g/mol. The van der Waals surface area contributed by atoms with E-state index in [4.69, 9.17) is 0 Å². The van der Waals surface area contributed by atoms with E-state index in [-0.39, 0.29) is 0 Å². The van der Waals surface area contributed by atoms with Crippen LogP contribution >= 0.6 is 0 Å². The summed E-state index contributed by atoms with van der Waals surface area (Å²) in [6, 6.07) is 8.52. The van der Waals surface area contributed by atoms with Crippen LogP contribution in [0.4, 0.5) is 5.69 Å². The Morgan fingerprint density at radius 1 is 1.25 bits per heavy atom. The highest BCUT2D eigenvalue weighted by atomic mass is 32.2. The van der Waals surface area contributed by atoms with Crippen LogP contribution in [0.25, 0.3) is 0 Å². The van der Waals surface area contributed by atoms with Gasteiger partial charge < -0.3 is 5.32 Å². The van der Waals surface area contributed by atoms with Gasteiger partial charge in [-0.1, -0.05) is 32.0 Å². The lowest BCUT2D eigenvalue weighted by Gasteiger charge is -2.20. The first-order valence-electron chi connectivity index (χ1n) is 5.65. The molecule has 0 bridgehead atoms. The van der Waals surface area contributed by atoms with Crippen molar-refractivity contribution in [1.29, 1.82) is 0 Å². The number of hydrogen-bond acceptors (Lipinski definition) is 2. The maximum atomic E-state index is 11.3. The van der Waals surface area contributed by atoms with E-state index in [2.05, 4.69) is 32.2 Å². The lowest BCUT2D eigenvalue weighted by atomic mass is 10.1. The van der Waals surface area contributed by atoms with Gasteiger partial charge in [0.15, 0.2) is 0 Å². The third-order valence-electron chi connectivity index (χ3n) is 2.76. The zero-order chi connectivity index (χ0) is 12.1. The predicted octanol–water partition coefficient (Wildman–Crippen LogP) is 3.02. The summed E-state index contributed by atoms with van der Waals surface area (Å²) < 4.78 is 11.3. The van der Waals surface area contributed by atoms with E-state index in [1.54, 1.807) is 6.26 Å². The molecule has 0 spiro atoms. The number of anilines is 1. The molecule has 2 nitrogen and oxygen atoms in total. The van der Waals surface area contributed by atoms with Crippen molar-refractivity contribution in [3.8, 4) is 0 Å². The summed E-state index contributed by atoms with van der Waals surface area (Å²) in [4.78, 5) is 0. The molecule has 3 heteroatoms. The van der Waals surface area contributed by atoms with E-state index in [1.165, 1.54) is 0 Å². The molecule has 0 saturated carbocycles. The zero-order valence-electron chi connectivity index (χ0n) is 10.5. The van der Waals surface area contributed by atoms with Crippen molar-refractivity contribution in [1.82, 2.24) is 0 Å². The van der Waals surface area contributed by atoms with Crippen molar-refractivity contribution in [2.24, 2.45) is 5.92 Å². The molecule has 1 aromatic carbocycles. The van der Waals surface area contributed by atoms with Crippen LogP contribution in [0.5, 0.6) is 0 Å². The number of para-hydroxylation sites is 1. The van der Waals surface area contributed by atoms with Crippen LogP contribution < -0.4 is 5.32 Å². The molecule has 1 rings (SSSR count). The van der Waals surface area contributed by atoms with Gasteiger partial charge in [0.1, 0.15) is 0 Å². The van der Waals surface area contributed by atoms with Crippen LogP contribution in [0.2, 0.25) is 0 Å². The number of rotatable bonds is 5. The molecule has 0 radical (unpaired) electrons. The van der Waals surface area contributed by atoms with Gasteiger partial charge in [-0.05, 0) is 24.5 Å². The fraction of sp³-hybridized carbons (Fsp3) is 0.538. The standard InChI is InChI=1S/C13H21NOS/c1-10(2)11(3)14-13-8-6-5-7-12(13)9-16(4)15/h5-8,10-11,14H,9H2,1-4H3. The maximum Gasteiger partial charge on any atom is 0.0503 e. The summed E-state index contributed by atoms with van der Waals surface area (Å²) in [5.41, 5.74) is 2.25. The molecule has 2 atom stereocenters. The summed E-state index contributed by atoms with van der Waals surface area (Å²) in [6.07, 6.45) is 1.74. The second kappa shape index (κ2) is 6.04. The third kappa shape index (κ3) is 3.97. The lowest BCUT2D eigenvalue weighted by Crippen LogP contribution is -2.22. The minimum Gasteiger partial charge on any atom is -0.382 e. The van der Waals surface area contributed by atoms with E-state index in [0.717, 1.165) is 11.3 Å². The normalized spacial score (nSPS) is 14.8. The van der Waals surface area contributed by atoms with Crippen LogP contribution in [0, 0.1) is 5.92 Å². The molecule has 0 aliphatic rings. The van der Waals surface area contributed by atoms with Gasteiger partial charge in [0, 0.05) is 28.8 Å². The van der Waals surface area contributed by atoms with Gasteiger partial charge in [-0.15, -0.1) is 0 Å². The number of hydrogen-bond donors (Lipinski definition) is 1. The molecule has 0 fully saturated rings. The molecule has 16 heavy (non-hydrogen) atoms. The molecule has 90 valence electrons. The molecule has 0 aromatic heterocycles. The van der Waals surface area contributed by atoms with Crippen LogP contribution in [0.1, 0.15) is 26.3 Å². The molecule has 0 saturated heterocycles. The summed E-state index contributed by atoms with van der Waals surface area (Å²) in [5, 5.41) is 3.48. The largest absolute Gasteiger partial charge is 0.382 e. The van der Waals surface area contributed by atoms with E-state index in [0.29, 0.717) is 17.7 Å². The molecular weight excluding hydrogens is 218 g/mol. The first-order valence-corrected chi connectivity index (χ1v) is 7.38. The predicted molar refractivity (Wildman–Crippen MR) is 72.1 cm³/mol. The highest BCUT2D eigenvalue weighted by molar-refractivity contribution is 7.83. The summed E-state index contributed by atoms with van der Waals surface area (Å²) >= 11 is 0. The average molecular weight is 239 g/mol. The first kappa shape index (κ1) is 13.2. The molecule has 2 unspecified atom stereocenters. The van der Waals surface area contributed by atoms with Gasteiger partial charge in [0.25, 0.3) is 0 Å². The second-order valence-corrected chi connectivity index (χ2v) is 5.99. The minimum atomic E-state index is -0.792. The van der Waals surface area contributed by atoms with Crippen molar-refractivity contribution >= 4 is 16.5 Å². The average Bonchev–Trinajstić information content (AvgIpc) is 2.20. The van der Waals surface area contributed by atoms with E-state index < -0.39 is 10.8 Å². The SMILES string of the molecule is CC(C)C(C)Nc1ccccc1CS(C)=O. The van der Waals surface area contributed by atoms with Gasteiger partial charge in [0.2, 0.25) is 0 Å². The number of benzene rings is 1.